The van der Waals surface area contributed by atoms with E-state index in [0.29, 0.717) is 0 Å². The van der Waals surface area contributed by atoms with Gasteiger partial charge in [0.05, 0.1) is 0 Å². The second kappa shape index (κ2) is 3.14. The molecule has 3 heteroatoms. The lowest BCUT2D eigenvalue weighted by atomic mass is 10.2. The van der Waals surface area contributed by atoms with E-state index in [1.165, 1.54) is 6.92 Å². The monoisotopic (exact) mass is 150 g/mol. The molecule has 3 nitrogen and oxygen atoms in total. The molecule has 0 radical (unpaired) electrons. The molecule has 0 spiro atoms. The number of carbonyl (C=O) groups is 1. The number of carbonyl (C=O) groups excluding carboxylic acids is 1. The Balaban J connectivity index is 2.86. The van der Waals surface area contributed by atoms with Crippen LogP contribution in [0.5, 0.6) is 0 Å². The molecule has 58 valence electrons. The van der Waals surface area contributed by atoms with Crippen molar-refractivity contribution in [1.82, 2.24) is 4.98 Å². The minimum absolute atomic E-state index is 0.0562. The second-order valence-electron chi connectivity index (χ2n) is 2.37. The van der Waals surface area contributed by atoms with Gasteiger partial charge in [0.1, 0.15) is 0 Å². The summed E-state index contributed by atoms with van der Waals surface area (Å²) >= 11 is 0. The molecule has 0 aromatic carbocycles. The van der Waals surface area contributed by atoms with Crippen LogP contribution < -0.4 is 5.32 Å². The van der Waals surface area contributed by atoms with Gasteiger partial charge in [-0.1, -0.05) is 0 Å². The van der Waals surface area contributed by atoms with Gasteiger partial charge in [0.15, 0.2) is 0 Å². The second-order valence-corrected chi connectivity index (χ2v) is 2.37. The molecule has 0 aliphatic rings. The summed E-state index contributed by atoms with van der Waals surface area (Å²) < 4.78 is 0. The number of nitrogens with one attached hydrogen (secondary N) is 1. The first-order chi connectivity index (χ1) is 5.20. The van der Waals surface area contributed by atoms with Crippen LogP contribution in [-0.4, -0.2) is 10.9 Å². The van der Waals surface area contributed by atoms with Crippen LogP contribution in [0.1, 0.15) is 12.5 Å². The lowest BCUT2D eigenvalue weighted by Gasteiger charge is -2.03. The summed E-state index contributed by atoms with van der Waals surface area (Å²) in [6.45, 7) is 3.39. The molecule has 0 bridgehead atoms. The Morgan fingerprint density at radius 3 is 2.91 bits per heavy atom. The van der Waals surface area contributed by atoms with Crippen molar-refractivity contribution in [2.45, 2.75) is 13.8 Å². The molecule has 0 saturated heterocycles. The van der Waals surface area contributed by atoms with E-state index < -0.39 is 0 Å². The number of nitrogens with zero attached hydrogens (tertiary/aromatic N) is 1. The number of anilines is 1. The Bertz CT molecular complexity index is 271. The van der Waals surface area contributed by atoms with Crippen LogP contribution in [0, 0.1) is 6.92 Å². The van der Waals surface area contributed by atoms with Crippen molar-refractivity contribution >= 4 is 11.6 Å². The Hall–Kier alpha value is -1.38. The van der Waals surface area contributed by atoms with Gasteiger partial charge in [-0.3, -0.25) is 9.78 Å². The summed E-state index contributed by atoms with van der Waals surface area (Å²) in [6, 6.07) is 1.77. The zero-order valence-electron chi connectivity index (χ0n) is 6.59. The third-order valence-corrected chi connectivity index (χ3v) is 1.33. The molecular formula is C8H10N2O. The molecule has 0 saturated carbocycles. The van der Waals surface area contributed by atoms with Gasteiger partial charge in [0.2, 0.25) is 5.91 Å². The first-order valence-corrected chi connectivity index (χ1v) is 3.38. The highest BCUT2D eigenvalue weighted by molar-refractivity contribution is 5.89. The smallest absolute Gasteiger partial charge is 0.221 e. The Morgan fingerprint density at radius 2 is 2.36 bits per heavy atom. The predicted molar refractivity (Wildman–Crippen MR) is 43.3 cm³/mol. The summed E-state index contributed by atoms with van der Waals surface area (Å²) in [4.78, 5) is 14.5. The van der Waals surface area contributed by atoms with Crippen LogP contribution in [0.3, 0.4) is 0 Å². The van der Waals surface area contributed by atoms with E-state index in [-0.39, 0.29) is 5.91 Å². The predicted octanol–water partition coefficient (Wildman–Crippen LogP) is 1.35. The molecule has 0 unspecified atom stereocenters. The molecular weight excluding hydrogens is 140 g/mol. The molecule has 11 heavy (non-hydrogen) atoms. The molecule has 1 N–H and O–H groups in total. The number of hydrogen-bond acceptors (Lipinski definition) is 2. The number of amides is 1. The lowest BCUT2D eigenvalue weighted by molar-refractivity contribution is -0.114. The summed E-state index contributed by atoms with van der Waals surface area (Å²) in [7, 11) is 0. The van der Waals surface area contributed by atoms with Gasteiger partial charge in [-0.05, 0) is 18.6 Å². The first kappa shape index (κ1) is 7.72. The van der Waals surface area contributed by atoms with Crippen molar-refractivity contribution < 1.29 is 4.79 Å². The van der Waals surface area contributed by atoms with Gasteiger partial charge in [-0.25, -0.2) is 0 Å². The van der Waals surface area contributed by atoms with Gasteiger partial charge in [-0.15, -0.1) is 0 Å². The van der Waals surface area contributed by atoms with Crippen molar-refractivity contribution in [3.63, 3.8) is 0 Å². The lowest BCUT2D eigenvalue weighted by Crippen LogP contribution is -2.06. The highest BCUT2D eigenvalue weighted by atomic mass is 16.1. The third-order valence-electron chi connectivity index (χ3n) is 1.33. The topological polar surface area (TPSA) is 42.0 Å². The maximum absolute atomic E-state index is 10.6. The van der Waals surface area contributed by atoms with E-state index in [1.54, 1.807) is 18.5 Å². The van der Waals surface area contributed by atoms with Crippen LogP contribution in [0.25, 0.3) is 0 Å². The molecule has 0 aliphatic heterocycles. The molecule has 0 atom stereocenters. The van der Waals surface area contributed by atoms with E-state index in [0.717, 1.165) is 11.3 Å². The summed E-state index contributed by atoms with van der Waals surface area (Å²) in [5.41, 5.74) is 1.80. The van der Waals surface area contributed by atoms with Crippen molar-refractivity contribution in [2.24, 2.45) is 0 Å². The van der Waals surface area contributed by atoms with Gasteiger partial charge in [-0.2, -0.15) is 0 Å². The number of hydrogen-bond donors (Lipinski definition) is 1. The standard InChI is InChI=1S/C8H10N2O/c1-6-5-9-4-3-8(6)10-7(2)11/h3-5H,1-2H3,(H,9,10,11). The number of aromatic nitrogens is 1. The van der Waals surface area contributed by atoms with Crippen LogP contribution in [0.2, 0.25) is 0 Å². The van der Waals surface area contributed by atoms with Crippen LogP contribution >= 0.6 is 0 Å². The summed E-state index contributed by atoms with van der Waals surface area (Å²) in [5, 5.41) is 2.69. The number of pyridine rings is 1. The molecule has 1 rings (SSSR count). The van der Waals surface area contributed by atoms with E-state index in [1.807, 2.05) is 6.92 Å². The molecule has 0 fully saturated rings. The first-order valence-electron chi connectivity index (χ1n) is 3.38. The quantitative estimate of drug-likeness (QED) is 0.656. The fraction of sp³-hybridized carbons (Fsp3) is 0.250. The van der Waals surface area contributed by atoms with Gasteiger partial charge >= 0.3 is 0 Å². The summed E-state index contributed by atoms with van der Waals surface area (Å²) in [6.07, 6.45) is 3.36. The van der Waals surface area contributed by atoms with Gasteiger partial charge in [0.25, 0.3) is 0 Å². The zero-order valence-corrected chi connectivity index (χ0v) is 6.59. The Kier molecular flexibility index (Phi) is 2.21. The number of aryl methyl sites for hydroxylation is 1. The molecule has 1 aromatic rings. The van der Waals surface area contributed by atoms with Crippen molar-refractivity contribution in [2.75, 3.05) is 5.32 Å². The van der Waals surface area contributed by atoms with Crippen molar-refractivity contribution in [3.8, 4) is 0 Å². The maximum atomic E-state index is 10.6. The zero-order chi connectivity index (χ0) is 8.27. The SMILES string of the molecule is CC(=O)Nc1ccncc1C. The average molecular weight is 150 g/mol. The van der Waals surface area contributed by atoms with E-state index in [9.17, 15) is 4.79 Å². The van der Waals surface area contributed by atoms with E-state index in [2.05, 4.69) is 10.3 Å². The van der Waals surface area contributed by atoms with Crippen molar-refractivity contribution in [3.05, 3.63) is 24.0 Å². The highest BCUT2D eigenvalue weighted by Gasteiger charge is 1.97. The maximum Gasteiger partial charge on any atom is 0.221 e. The van der Waals surface area contributed by atoms with E-state index in [4.69, 9.17) is 0 Å². The third kappa shape index (κ3) is 2.04. The van der Waals surface area contributed by atoms with Gasteiger partial charge in [0, 0.05) is 25.0 Å². The summed E-state index contributed by atoms with van der Waals surface area (Å²) in [5.74, 6) is -0.0562. The Labute approximate surface area is 65.5 Å². The van der Waals surface area contributed by atoms with Crippen LogP contribution in [-0.2, 0) is 4.79 Å². The fourth-order valence-corrected chi connectivity index (χ4v) is 0.803. The van der Waals surface area contributed by atoms with Crippen LogP contribution in [0.15, 0.2) is 18.5 Å². The normalized spacial score (nSPS) is 9.27. The highest BCUT2D eigenvalue weighted by Crippen LogP contribution is 2.10. The number of rotatable bonds is 1. The Morgan fingerprint density at radius 1 is 1.64 bits per heavy atom. The average Bonchev–Trinajstić information content (AvgIpc) is 1.93. The van der Waals surface area contributed by atoms with Crippen LogP contribution in [0.4, 0.5) is 5.69 Å². The fourth-order valence-electron chi connectivity index (χ4n) is 0.803. The molecule has 1 aromatic heterocycles. The minimum atomic E-state index is -0.0562. The molecule has 0 aliphatic carbocycles. The molecule has 1 amide bonds. The molecule has 1 heterocycles. The largest absolute Gasteiger partial charge is 0.326 e. The minimum Gasteiger partial charge on any atom is -0.326 e. The van der Waals surface area contributed by atoms with Crippen molar-refractivity contribution in [1.29, 1.82) is 0 Å². The van der Waals surface area contributed by atoms with E-state index >= 15 is 0 Å². The van der Waals surface area contributed by atoms with Gasteiger partial charge < -0.3 is 5.32 Å².